The van der Waals surface area contributed by atoms with E-state index in [0.29, 0.717) is 16.5 Å². The number of aryl methyl sites for hydroxylation is 2. The first-order valence-electron chi connectivity index (χ1n) is 7.63. The van der Waals surface area contributed by atoms with Crippen LogP contribution in [-0.2, 0) is 20.3 Å². The van der Waals surface area contributed by atoms with E-state index in [-0.39, 0.29) is 17.2 Å². The van der Waals surface area contributed by atoms with E-state index in [9.17, 15) is 13.2 Å². The molecule has 7 nitrogen and oxygen atoms in total. The van der Waals surface area contributed by atoms with Gasteiger partial charge in [0, 0.05) is 37.9 Å². The van der Waals surface area contributed by atoms with Crippen LogP contribution in [0.25, 0.3) is 27.8 Å². The van der Waals surface area contributed by atoms with Gasteiger partial charge in [0.25, 0.3) is 0 Å². The quantitative estimate of drug-likeness (QED) is 0.595. The summed E-state index contributed by atoms with van der Waals surface area (Å²) in [4.78, 5) is 0. The van der Waals surface area contributed by atoms with Crippen LogP contribution in [0.3, 0.4) is 0 Å². The van der Waals surface area contributed by atoms with Gasteiger partial charge in [-0.1, -0.05) is 6.07 Å². The van der Waals surface area contributed by atoms with Gasteiger partial charge in [0.2, 0.25) is 0 Å². The normalized spacial score (nSPS) is 12.2. The van der Waals surface area contributed by atoms with E-state index in [1.54, 1.807) is 49.4 Å². The van der Waals surface area contributed by atoms with Crippen molar-refractivity contribution in [3.63, 3.8) is 0 Å². The summed E-state index contributed by atoms with van der Waals surface area (Å²) in [6.07, 6.45) is -1.33. The first-order valence-corrected chi connectivity index (χ1v) is 7.63. The fourth-order valence-corrected chi connectivity index (χ4v) is 2.91. The average Bonchev–Trinajstić information content (AvgIpc) is 3.21. The summed E-state index contributed by atoms with van der Waals surface area (Å²) in [6.45, 7) is 0. The topological polar surface area (TPSA) is 79.5 Å². The first-order chi connectivity index (χ1) is 12.2. The maximum atomic E-state index is 13.6. The van der Waals surface area contributed by atoms with E-state index < -0.39 is 11.9 Å². The van der Waals surface area contributed by atoms with Gasteiger partial charge in [0.1, 0.15) is 5.82 Å². The van der Waals surface area contributed by atoms with E-state index in [2.05, 4.69) is 15.3 Å². The molecule has 2 N–H and O–H groups in total. The summed E-state index contributed by atoms with van der Waals surface area (Å²) in [6, 6.07) is 6.37. The van der Waals surface area contributed by atoms with Crippen LogP contribution in [0.5, 0.6) is 0 Å². The molecule has 26 heavy (non-hydrogen) atoms. The summed E-state index contributed by atoms with van der Waals surface area (Å²) in [5.74, 6) is 0.0865. The summed E-state index contributed by atoms with van der Waals surface area (Å²) >= 11 is 0. The number of halogens is 3. The molecule has 4 rings (SSSR count). The van der Waals surface area contributed by atoms with Crippen LogP contribution in [0.1, 0.15) is 5.69 Å². The molecule has 0 saturated carbocycles. The monoisotopic (exact) mass is 361 g/mol. The van der Waals surface area contributed by atoms with Crippen LogP contribution in [0.2, 0.25) is 0 Å². The molecule has 134 valence electrons. The molecule has 0 bridgehead atoms. The number of alkyl halides is 3. The van der Waals surface area contributed by atoms with Crippen molar-refractivity contribution in [2.24, 2.45) is 14.1 Å². The molecule has 4 aromatic rings. The number of hydrogen-bond donors (Lipinski definition) is 1. The van der Waals surface area contributed by atoms with Gasteiger partial charge in [-0.3, -0.25) is 9.36 Å². The SMILES string of the molecule is Cn1ccc(-n2nc(C(F)(F)F)c(-c3ccc4nn(C)cc4c3)c2N)n1. The molecule has 0 spiro atoms. The fourth-order valence-electron chi connectivity index (χ4n) is 2.91. The molecular weight excluding hydrogens is 347 g/mol. The molecule has 0 aliphatic carbocycles. The van der Waals surface area contributed by atoms with Crippen molar-refractivity contribution in [3.8, 4) is 16.9 Å². The first kappa shape index (κ1) is 16.2. The Balaban J connectivity index is 1.97. The summed E-state index contributed by atoms with van der Waals surface area (Å²) < 4.78 is 44.8. The molecular formula is C16H14F3N7. The lowest BCUT2D eigenvalue weighted by molar-refractivity contribution is -0.140. The molecule has 0 radical (unpaired) electrons. The number of rotatable bonds is 2. The zero-order valence-corrected chi connectivity index (χ0v) is 13.9. The molecule has 3 heterocycles. The van der Waals surface area contributed by atoms with E-state index in [1.165, 1.54) is 10.7 Å². The van der Waals surface area contributed by atoms with Crippen molar-refractivity contribution in [2.75, 3.05) is 5.73 Å². The van der Waals surface area contributed by atoms with Gasteiger partial charge in [-0.2, -0.15) is 33.1 Å². The molecule has 0 unspecified atom stereocenters. The predicted molar refractivity (Wildman–Crippen MR) is 89.5 cm³/mol. The molecule has 0 fully saturated rings. The Morgan fingerprint density at radius 2 is 1.77 bits per heavy atom. The third-order valence-corrected chi connectivity index (χ3v) is 4.01. The second-order valence-electron chi connectivity index (χ2n) is 5.94. The van der Waals surface area contributed by atoms with Crippen LogP contribution in [0, 0.1) is 0 Å². The van der Waals surface area contributed by atoms with Crippen molar-refractivity contribution in [2.45, 2.75) is 6.18 Å². The third kappa shape index (κ3) is 2.50. The number of nitrogen functional groups attached to an aromatic ring is 1. The molecule has 10 heteroatoms. The van der Waals surface area contributed by atoms with Gasteiger partial charge >= 0.3 is 6.18 Å². The van der Waals surface area contributed by atoms with Crippen molar-refractivity contribution in [3.05, 3.63) is 42.4 Å². The van der Waals surface area contributed by atoms with E-state index in [0.717, 1.165) is 4.68 Å². The van der Waals surface area contributed by atoms with Gasteiger partial charge < -0.3 is 5.73 Å². The van der Waals surface area contributed by atoms with E-state index in [1.807, 2.05) is 0 Å². The maximum Gasteiger partial charge on any atom is 0.435 e. The predicted octanol–water partition coefficient (Wildman–Crippen LogP) is 2.76. The van der Waals surface area contributed by atoms with Gasteiger partial charge in [-0.05, 0) is 17.7 Å². The van der Waals surface area contributed by atoms with Gasteiger partial charge in [0.15, 0.2) is 11.5 Å². The van der Waals surface area contributed by atoms with Crippen LogP contribution in [0.4, 0.5) is 19.0 Å². The molecule has 0 atom stereocenters. The molecule has 0 amide bonds. The van der Waals surface area contributed by atoms with Crippen molar-refractivity contribution < 1.29 is 13.2 Å². The van der Waals surface area contributed by atoms with Gasteiger partial charge in [-0.25, -0.2) is 0 Å². The lowest BCUT2D eigenvalue weighted by Gasteiger charge is -2.07. The molecule has 1 aromatic carbocycles. The van der Waals surface area contributed by atoms with Crippen LogP contribution in [-0.4, -0.2) is 29.3 Å². The highest BCUT2D eigenvalue weighted by atomic mass is 19.4. The Labute approximate surface area is 145 Å². The summed E-state index contributed by atoms with van der Waals surface area (Å²) in [5.41, 5.74) is 5.83. The zero-order chi connectivity index (χ0) is 18.6. The summed E-state index contributed by atoms with van der Waals surface area (Å²) in [5, 5.41) is 12.7. The molecule has 0 aliphatic heterocycles. The molecule has 0 saturated heterocycles. The van der Waals surface area contributed by atoms with E-state index in [4.69, 9.17) is 5.73 Å². The Morgan fingerprint density at radius 1 is 1.00 bits per heavy atom. The smallest absolute Gasteiger partial charge is 0.383 e. The van der Waals surface area contributed by atoms with Gasteiger partial charge in [-0.15, -0.1) is 0 Å². The van der Waals surface area contributed by atoms with Crippen LogP contribution in [0.15, 0.2) is 36.7 Å². The van der Waals surface area contributed by atoms with Crippen LogP contribution >= 0.6 is 0 Å². The Hall–Kier alpha value is -3.30. The third-order valence-electron chi connectivity index (χ3n) is 4.01. The number of benzene rings is 1. The standard InChI is InChI=1S/C16H14F3N7/c1-24-6-5-12(22-24)26-15(20)13(14(23-26)16(17,18)19)9-3-4-11-10(7-9)8-25(2)21-11/h3-8H,20H2,1-2H3. The highest BCUT2D eigenvalue weighted by molar-refractivity contribution is 5.87. The minimum absolute atomic E-state index is 0.126. The molecule has 3 aromatic heterocycles. The maximum absolute atomic E-state index is 13.6. The second-order valence-corrected chi connectivity index (χ2v) is 5.94. The van der Waals surface area contributed by atoms with Gasteiger partial charge in [0.05, 0.1) is 11.1 Å². The highest BCUT2D eigenvalue weighted by Crippen LogP contribution is 2.41. The number of anilines is 1. The highest BCUT2D eigenvalue weighted by Gasteiger charge is 2.39. The number of aromatic nitrogens is 6. The second kappa shape index (κ2) is 5.35. The van der Waals surface area contributed by atoms with Crippen molar-refractivity contribution in [1.29, 1.82) is 0 Å². The zero-order valence-electron chi connectivity index (χ0n) is 13.9. The Bertz CT molecular complexity index is 1120. The van der Waals surface area contributed by atoms with Crippen LogP contribution < -0.4 is 5.73 Å². The Morgan fingerprint density at radius 3 is 2.42 bits per heavy atom. The fraction of sp³-hybridized carbons (Fsp3) is 0.188. The minimum atomic E-state index is -4.66. The minimum Gasteiger partial charge on any atom is -0.383 e. The largest absolute Gasteiger partial charge is 0.435 e. The number of hydrogen-bond acceptors (Lipinski definition) is 4. The number of nitrogens with zero attached hydrogens (tertiary/aromatic N) is 6. The van der Waals surface area contributed by atoms with Crippen molar-refractivity contribution >= 4 is 16.7 Å². The Kier molecular flexibility index (Phi) is 3.33. The number of nitrogens with two attached hydrogens (primary N) is 1. The molecule has 0 aliphatic rings. The lowest BCUT2D eigenvalue weighted by Crippen LogP contribution is -2.09. The van der Waals surface area contributed by atoms with E-state index >= 15 is 0 Å². The average molecular weight is 361 g/mol. The number of fused-ring (bicyclic) bond motifs is 1. The van der Waals surface area contributed by atoms with Crippen molar-refractivity contribution in [1.82, 2.24) is 29.3 Å². The summed E-state index contributed by atoms with van der Waals surface area (Å²) in [7, 11) is 3.40. The lowest BCUT2D eigenvalue weighted by atomic mass is 10.0.